The molecule has 0 bridgehead atoms. The van der Waals surface area contributed by atoms with Crippen molar-refractivity contribution in [3.8, 4) is 0 Å². The van der Waals surface area contributed by atoms with Crippen LogP contribution < -0.4 is 5.32 Å². The highest BCUT2D eigenvalue weighted by atomic mass is 16.5. The van der Waals surface area contributed by atoms with Crippen molar-refractivity contribution in [3.05, 3.63) is 35.9 Å². The third-order valence-electron chi connectivity index (χ3n) is 2.87. The predicted molar refractivity (Wildman–Crippen MR) is 78.8 cm³/mol. The Hall–Kier alpha value is -2.17. The second-order valence-electron chi connectivity index (χ2n) is 4.83. The summed E-state index contributed by atoms with van der Waals surface area (Å²) in [6.07, 6.45) is 1.01. The van der Waals surface area contributed by atoms with Crippen molar-refractivity contribution in [2.24, 2.45) is 0 Å². The van der Waals surface area contributed by atoms with Crippen LogP contribution in [0.4, 0.5) is 4.79 Å². The maximum atomic E-state index is 11.4. The van der Waals surface area contributed by atoms with Crippen LogP contribution >= 0.6 is 0 Å². The summed E-state index contributed by atoms with van der Waals surface area (Å²) in [6, 6.07) is 9.40. The van der Waals surface area contributed by atoms with Gasteiger partial charge in [-0.15, -0.1) is 0 Å². The largest absolute Gasteiger partial charge is 0.445 e. The molecule has 0 radical (unpaired) electrons. The summed E-state index contributed by atoms with van der Waals surface area (Å²) in [6.45, 7) is 2.08. The molecule has 5 heteroatoms. The van der Waals surface area contributed by atoms with Crippen molar-refractivity contribution >= 4 is 17.7 Å². The molecule has 0 unspecified atom stereocenters. The standard InChI is InChI=1S/C16H21NO4/c1-13(18)9-10-15(19)8-5-11-17-16(20)21-12-14-6-3-2-4-7-14/h2-4,6-7H,5,8-12H2,1H3,(H,17,20). The van der Waals surface area contributed by atoms with Gasteiger partial charge in [-0.05, 0) is 18.9 Å². The molecule has 21 heavy (non-hydrogen) atoms. The molecule has 1 N–H and O–H groups in total. The first-order valence-electron chi connectivity index (χ1n) is 7.03. The number of nitrogens with one attached hydrogen (secondary N) is 1. The van der Waals surface area contributed by atoms with E-state index in [4.69, 9.17) is 4.74 Å². The lowest BCUT2D eigenvalue weighted by atomic mass is 10.1. The molecule has 0 aliphatic heterocycles. The minimum Gasteiger partial charge on any atom is -0.445 e. The number of rotatable bonds is 9. The Balaban J connectivity index is 2.05. The number of benzene rings is 1. The van der Waals surface area contributed by atoms with Crippen LogP contribution in [0.2, 0.25) is 0 Å². The Bertz CT molecular complexity index is 470. The van der Waals surface area contributed by atoms with E-state index in [9.17, 15) is 14.4 Å². The van der Waals surface area contributed by atoms with E-state index in [2.05, 4.69) is 5.32 Å². The molecule has 5 nitrogen and oxygen atoms in total. The second kappa shape index (κ2) is 9.69. The zero-order valence-electron chi connectivity index (χ0n) is 12.3. The topological polar surface area (TPSA) is 72.5 Å². The van der Waals surface area contributed by atoms with Crippen LogP contribution in [0.15, 0.2) is 30.3 Å². The summed E-state index contributed by atoms with van der Waals surface area (Å²) in [5, 5.41) is 2.59. The normalized spacial score (nSPS) is 9.95. The molecule has 0 saturated heterocycles. The van der Waals surface area contributed by atoms with Crippen molar-refractivity contribution in [2.75, 3.05) is 6.54 Å². The van der Waals surface area contributed by atoms with E-state index < -0.39 is 6.09 Å². The van der Waals surface area contributed by atoms with Crippen molar-refractivity contribution in [2.45, 2.75) is 39.2 Å². The first-order valence-corrected chi connectivity index (χ1v) is 7.03. The van der Waals surface area contributed by atoms with Gasteiger partial charge in [-0.3, -0.25) is 4.79 Å². The lowest BCUT2D eigenvalue weighted by molar-refractivity contribution is -0.123. The van der Waals surface area contributed by atoms with Gasteiger partial charge >= 0.3 is 6.09 Å². The smallest absolute Gasteiger partial charge is 0.407 e. The lowest BCUT2D eigenvalue weighted by Gasteiger charge is -2.06. The van der Waals surface area contributed by atoms with Gasteiger partial charge in [0, 0.05) is 25.8 Å². The number of ether oxygens (including phenoxy) is 1. The van der Waals surface area contributed by atoms with Gasteiger partial charge in [-0.25, -0.2) is 4.79 Å². The molecule has 1 aromatic rings. The first-order chi connectivity index (χ1) is 10.1. The molecule has 1 aromatic carbocycles. The molecule has 0 aliphatic carbocycles. The van der Waals surface area contributed by atoms with Gasteiger partial charge in [0.15, 0.2) is 0 Å². The van der Waals surface area contributed by atoms with Gasteiger partial charge in [0.1, 0.15) is 18.2 Å². The fourth-order valence-corrected chi connectivity index (χ4v) is 1.69. The van der Waals surface area contributed by atoms with Crippen LogP contribution in [-0.4, -0.2) is 24.2 Å². The summed E-state index contributed by atoms with van der Waals surface area (Å²) in [4.78, 5) is 33.6. The average Bonchev–Trinajstić information content (AvgIpc) is 2.48. The van der Waals surface area contributed by atoms with Crippen molar-refractivity contribution in [1.82, 2.24) is 5.32 Å². The number of amides is 1. The maximum absolute atomic E-state index is 11.4. The molecular formula is C16H21NO4. The van der Waals surface area contributed by atoms with Crippen LogP contribution in [0.25, 0.3) is 0 Å². The highest BCUT2D eigenvalue weighted by Gasteiger charge is 2.05. The van der Waals surface area contributed by atoms with E-state index in [0.29, 0.717) is 25.8 Å². The lowest BCUT2D eigenvalue weighted by Crippen LogP contribution is -2.25. The fourth-order valence-electron chi connectivity index (χ4n) is 1.69. The van der Waals surface area contributed by atoms with Gasteiger partial charge in [0.25, 0.3) is 0 Å². The fraction of sp³-hybridized carbons (Fsp3) is 0.438. The molecule has 1 rings (SSSR count). The van der Waals surface area contributed by atoms with E-state index in [-0.39, 0.29) is 24.6 Å². The minimum absolute atomic E-state index is 0.0194. The van der Waals surface area contributed by atoms with Gasteiger partial charge in [0.2, 0.25) is 0 Å². The van der Waals surface area contributed by atoms with E-state index in [1.54, 1.807) is 0 Å². The number of Topliss-reactive ketones (excluding diaryl/α,β-unsaturated/α-hetero) is 2. The summed E-state index contributed by atoms with van der Waals surface area (Å²) in [7, 11) is 0. The van der Waals surface area contributed by atoms with E-state index >= 15 is 0 Å². The quantitative estimate of drug-likeness (QED) is 0.710. The number of carbonyl (C=O) groups is 3. The zero-order valence-corrected chi connectivity index (χ0v) is 12.3. The number of carbonyl (C=O) groups excluding carboxylic acids is 3. The molecular weight excluding hydrogens is 270 g/mol. The Morgan fingerprint density at radius 2 is 1.76 bits per heavy atom. The Labute approximate surface area is 124 Å². The molecule has 114 valence electrons. The SMILES string of the molecule is CC(=O)CCC(=O)CCCNC(=O)OCc1ccccc1. The predicted octanol–water partition coefficient (Wildman–Crippen LogP) is 2.63. The van der Waals surface area contributed by atoms with Gasteiger partial charge in [0.05, 0.1) is 0 Å². The second-order valence-corrected chi connectivity index (χ2v) is 4.83. The molecule has 0 saturated carbocycles. The molecule has 0 aromatic heterocycles. The Morgan fingerprint density at radius 3 is 2.43 bits per heavy atom. The monoisotopic (exact) mass is 291 g/mol. The Morgan fingerprint density at radius 1 is 1.05 bits per heavy atom. The number of alkyl carbamates (subject to hydrolysis) is 1. The van der Waals surface area contributed by atoms with Gasteiger partial charge in [-0.2, -0.15) is 0 Å². The van der Waals surface area contributed by atoms with Crippen molar-refractivity contribution in [3.63, 3.8) is 0 Å². The summed E-state index contributed by atoms with van der Waals surface area (Å²) in [5.41, 5.74) is 0.923. The highest BCUT2D eigenvalue weighted by Crippen LogP contribution is 2.01. The van der Waals surface area contributed by atoms with E-state index in [0.717, 1.165) is 5.56 Å². The number of ketones is 2. The minimum atomic E-state index is -0.491. The average molecular weight is 291 g/mol. The number of hydrogen-bond acceptors (Lipinski definition) is 4. The van der Waals surface area contributed by atoms with Crippen LogP contribution in [0, 0.1) is 0 Å². The molecule has 1 amide bonds. The van der Waals surface area contributed by atoms with Crippen LogP contribution in [0.5, 0.6) is 0 Å². The highest BCUT2D eigenvalue weighted by molar-refractivity contribution is 5.84. The van der Waals surface area contributed by atoms with Gasteiger partial charge in [-0.1, -0.05) is 30.3 Å². The van der Waals surface area contributed by atoms with E-state index in [1.165, 1.54) is 6.92 Å². The third-order valence-corrected chi connectivity index (χ3v) is 2.87. The molecule has 0 atom stereocenters. The van der Waals surface area contributed by atoms with E-state index in [1.807, 2.05) is 30.3 Å². The third kappa shape index (κ3) is 8.57. The molecule has 0 heterocycles. The summed E-state index contributed by atoms with van der Waals surface area (Å²) < 4.78 is 5.03. The summed E-state index contributed by atoms with van der Waals surface area (Å²) >= 11 is 0. The van der Waals surface area contributed by atoms with Crippen LogP contribution in [0.1, 0.15) is 38.2 Å². The molecule has 0 spiro atoms. The van der Waals surface area contributed by atoms with Crippen molar-refractivity contribution in [1.29, 1.82) is 0 Å². The summed E-state index contributed by atoms with van der Waals surface area (Å²) in [5.74, 6) is 0.0654. The Kier molecular flexibility index (Phi) is 7.79. The van der Waals surface area contributed by atoms with Crippen LogP contribution in [0.3, 0.4) is 0 Å². The molecule has 0 fully saturated rings. The first kappa shape index (κ1) is 16.9. The number of hydrogen-bond donors (Lipinski definition) is 1. The van der Waals surface area contributed by atoms with Crippen molar-refractivity contribution < 1.29 is 19.1 Å². The maximum Gasteiger partial charge on any atom is 0.407 e. The zero-order chi connectivity index (χ0) is 15.5. The van der Waals surface area contributed by atoms with Gasteiger partial charge < -0.3 is 14.8 Å². The van der Waals surface area contributed by atoms with Crippen LogP contribution in [-0.2, 0) is 20.9 Å². The molecule has 0 aliphatic rings.